The van der Waals surface area contributed by atoms with Crippen LogP contribution in [0.4, 0.5) is 0 Å². The molecule has 0 saturated carbocycles. The molecular formula is C9H21NO4S2. The van der Waals surface area contributed by atoms with E-state index in [0.717, 1.165) is 38.6 Å². The van der Waals surface area contributed by atoms with Gasteiger partial charge in [0.2, 0.25) is 0 Å². The molecule has 0 spiro atoms. The maximum Gasteiger partial charge on any atom is 0.319 e. The predicted molar refractivity (Wildman–Crippen MR) is 67.0 cm³/mol. The van der Waals surface area contributed by atoms with Crippen molar-refractivity contribution < 1.29 is 18.1 Å². The third-order valence-corrected chi connectivity index (χ3v) is 4.08. The second kappa shape index (κ2) is 10.3. The van der Waals surface area contributed by atoms with Crippen molar-refractivity contribution in [1.29, 1.82) is 0 Å². The van der Waals surface area contributed by atoms with Crippen LogP contribution in [-0.2, 0) is 9.15 Å². The molecule has 0 aromatic heterocycles. The van der Waals surface area contributed by atoms with Crippen molar-refractivity contribution in [2.24, 2.45) is 0 Å². The highest BCUT2D eigenvalue weighted by Crippen LogP contribution is 2.07. The van der Waals surface area contributed by atoms with E-state index in [1.54, 1.807) is 0 Å². The molecule has 3 N–H and O–H groups in total. The Morgan fingerprint density at radius 3 is 2.25 bits per heavy atom. The highest BCUT2D eigenvalue weighted by molar-refractivity contribution is 8.69. The summed E-state index contributed by atoms with van der Waals surface area (Å²) in [6.07, 6.45) is 5.25. The average molecular weight is 271 g/mol. The number of hydrogen-bond donors (Lipinski definition) is 3. The van der Waals surface area contributed by atoms with Gasteiger partial charge in [0, 0.05) is 18.9 Å². The summed E-state index contributed by atoms with van der Waals surface area (Å²) in [7, 11) is -3.33. The molecule has 0 bridgehead atoms. The molecule has 0 aliphatic carbocycles. The first-order valence-electron chi connectivity index (χ1n) is 5.49. The first-order valence-corrected chi connectivity index (χ1v) is 8.44. The largest absolute Gasteiger partial charge is 0.396 e. The minimum atomic E-state index is -3.88. The Kier molecular flexibility index (Phi) is 10.5. The van der Waals surface area contributed by atoms with E-state index >= 15 is 0 Å². The summed E-state index contributed by atoms with van der Waals surface area (Å²) in [6, 6.07) is 0. The molecule has 0 rings (SSSR count). The van der Waals surface area contributed by atoms with Gasteiger partial charge in [-0.1, -0.05) is 19.3 Å². The average Bonchev–Trinajstić information content (AvgIpc) is 2.19. The lowest BCUT2D eigenvalue weighted by molar-refractivity contribution is 0.282. The minimum Gasteiger partial charge on any atom is -0.396 e. The van der Waals surface area contributed by atoms with Gasteiger partial charge < -0.3 is 10.4 Å². The Hall–Kier alpha value is 0.180. The van der Waals surface area contributed by atoms with Gasteiger partial charge >= 0.3 is 9.15 Å². The van der Waals surface area contributed by atoms with Gasteiger partial charge in [0.05, 0.1) is 0 Å². The molecule has 0 aromatic carbocycles. The van der Waals surface area contributed by atoms with Crippen LogP contribution in [-0.4, -0.2) is 43.5 Å². The van der Waals surface area contributed by atoms with E-state index in [1.165, 1.54) is 0 Å². The second-order valence-corrected chi connectivity index (χ2v) is 6.96. The molecule has 5 nitrogen and oxygen atoms in total. The summed E-state index contributed by atoms with van der Waals surface area (Å²) >= 11 is 0. The summed E-state index contributed by atoms with van der Waals surface area (Å²) in [5, 5.41) is 11.7. The highest BCUT2D eigenvalue weighted by Gasteiger charge is 2.03. The summed E-state index contributed by atoms with van der Waals surface area (Å²) in [4.78, 5) is 0. The lowest BCUT2D eigenvalue weighted by atomic mass is 10.1. The fraction of sp³-hybridized carbons (Fsp3) is 1.00. The van der Waals surface area contributed by atoms with Crippen molar-refractivity contribution in [2.45, 2.75) is 32.1 Å². The van der Waals surface area contributed by atoms with Crippen LogP contribution in [0.2, 0.25) is 0 Å². The Labute approximate surface area is 101 Å². The molecule has 0 saturated heterocycles. The van der Waals surface area contributed by atoms with E-state index < -0.39 is 9.15 Å². The zero-order valence-corrected chi connectivity index (χ0v) is 11.0. The van der Waals surface area contributed by atoms with Gasteiger partial charge in [-0.25, -0.2) is 0 Å². The molecule has 0 aromatic rings. The first kappa shape index (κ1) is 16.2. The van der Waals surface area contributed by atoms with Crippen molar-refractivity contribution in [1.82, 2.24) is 5.32 Å². The maximum atomic E-state index is 10.3. The lowest BCUT2D eigenvalue weighted by Gasteiger charge is -2.03. The molecule has 0 amide bonds. The molecule has 16 heavy (non-hydrogen) atoms. The van der Waals surface area contributed by atoms with Crippen molar-refractivity contribution in [3.05, 3.63) is 0 Å². The van der Waals surface area contributed by atoms with Crippen LogP contribution in [0, 0.1) is 0 Å². The topological polar surface area (TPSA) is 86.6 Å². The van der Waals surface area contributed by atoms with Gasteiger partial charge in [0.1, 0.15) is 0 Å². The minimum absolute atomic E-state index is 0.269. The van der Waals surface area contributed by atoms with E-state index in [2.05, 4.69) is 5.32 Å². The summed E-state index contributed by atoms with van der Waals surface area (Å²) in [5.41, 5.74) is 0. The Bertz CT molecular complexity index is 244. The number of nitrogens with one attached hydrogen (secondary N) is 1. The zero-order chi connectivity index (χ0) is 12.3. The number of aliphatic hydroxyl groups excluding tert-OH is 1. The molecular weight excluding hydrogens is 250 g/mol. The third-order valence-electron chi connectivity index (χ3n) is 2.02. The normalized spacial score (nSPS) is 11.9. The van der Waals surface area contributed by atoms with Crippen molar-refractivity contribution >= 4 is 19.9 Å². The number of aliphatic hydroxyl groups is 1. The maximum absolute atomic E-state index is 10.3. The van der Waals surface area contributed by atoms with Gasteiger partial charge in [0.15, 0.2) is 0 Å². The van der Waals surface area contributed by atoms with Gasteiger partial charge in [-0.05, 0) is 30.2 Å². The van der Waals surface area contributed by atoms with E-state index in [1.807, 2.05) is 0 Å². The van der Waals surface area contributed by atoms with Crippen LogP contribution >= 0.6 is 10.8 Å². The van der Waals surface area contributed by atoms with Crippen LogP contribution in [0.15, 0.2) is 0 Å². The summed E-state index contributed by atoms with van der Waals surface area (Å²) < 4.78 is 29.1. The standard InChI is InChI=1S/C9H21NO4S2/c11-8-5-3-1-2-4-6-10-7-9-15-16(12,13)14/h10-11H,1-9H2,(H,12,13,14). The van der Waals surface area contributed by atoms with E-state index in [9.17, 15) is 8.42 Å². The van der Waals surface area contributed by atoms with Crippen LogP contribution in [0.1, 0.15) is 32.1 Å². The Morgan fingerprint density at radius 2 is 1.62 bits per heavy atom. The predicted octanol–water partition coefficient (Wildman–Crippen LogP) is 1.05. The molecule has 98 valence electrons. The number of unbranched alkanes of at least 4 members (excludes halogenated alkanes) is 4. The van der Waals surface area contributed by atoms with Crippen LogP contribution in [0.5, 0.6) is 0 Å². The summed E-state index contributed by atoms with van der Waals surface area (Å²) in [6.45, 7) is 1.72. The van der Waals surface area contributed by atoms with E-state index in [4.69, 9.17) is 9.66 Å². The van der Waals surface area contributed by atoms with E-state index in [0.29, 0.717) is 23.1 Å². The van der Waals surface area contributed by atoms with Crippen LogP contribution < -0.4 is 5.32 Å². The fourth-order valence-electron chi connectivity index (χ4n) is 1.24. The molecule has 0 fully saturated rings. The van der Waals surface area contributed by atoms with Gasteiger partial charge in [0.25, 0.3) is 0 Å². The van der Waals surface area contributed by atoms with Crippen molar-refractivity contribution in [3.8, 4) is 0 Å². The molecule has 0 atom stereocenters. The quantitative estimate of drug-likeness (QED) is 0.296. The van der Waals surface area contributed by atoms with Crippen LogP contribution in [0.3, 0.4) is 0 Å². The van der Waals surface area contributed by atoms with Crippen molar-refractivity contribution in [2.75, 3.05) is 25.4 Å². The third kappa shape index (κ3) is 14.2. The number of hydrogen-bond acceptors (Lipinski definition) is 5. The molecule has 0 unspecified atom stereocenters. The monoisotopic (exact) mass is 271 g/mol. The van der Waals surface area contributed by atoms with Gasteiger partial charge in [-0.3, -0.25) is 4.55 Å². The molecule has 0 radical (unpaired) electrons. The van der Waals surface area contributed by atoms with Gasteiger partial charge in [-0.2, -0.15) is 8.42 Å². The number of rotatable bonds is 11. The Morgan fingerprint density at radius 1 is 1.00 bits per heavy atom. The SMILES string of the molecule is O=S(=O)(O)SCCNCCCCCCCO. The highest BCUT2D eigenvalue weighted by atomic mass is 33.1. The van der Waals surface area contributed by atoms with Gasteiger partial charge in [-0.15, -0.1) is 0 Å². The molecule has 0 aliphatic heterocycles. The smallest absolute Gasteiger partial charge is 0.319 e. The Balaban J connectivity index is 3.05. The fourth-order valence-corrected chi connectivity index (χ4v) is 2.56. The second-order valence-electron chi connectivity index (χ2n) is 3.49. The van der Waals surface area contributed by atoms with Crippen LogP contribution in [0.25, 0.3) is 0 Å². The zero-order valence-electron chi connectivity index (χ0n) is 9.39. The first-order chi connectivity index (χ1) is 7.56. The molecule has 7 heteroatoms. The lowest BCUT2D eigenvalue weighted by Crippen LogP contribution is -2.18. The van der Waals surface area contributed by atoms with Crippen molar-refractivity contribution in [3.63, 3.8) is 0 Å². The van der Waals surface area contributed by atoms with E-state index in [-0.39, 0.29) is 6.61 Å². The summed E-state index contributed by atoms with van der Waals surface area (Å²) in [5.74, 6) is 0.364. The molecule has 0 aliphatic rings. The molecule has 0 heterocycles.